The summed E-state index contributed by atoms with van der Waals surface area (Å²) in [6, 6.07) is 3.94. The fourth-order valence-corrected chi connectivity index (χ4v) is 1.42. The van der Waals surface area contributed by atoms with E-state index in [2.05, 4.69) is 15.6 Å². The average Bonchev–Trinajstić information content (AvgIpc) is 2.78. The van der Waals surface area contributed by atoms with Crippen molar-refractivity contribution in [1.82, 2.24) is 20.3 Å². The Kier molecular flexibility index (Phi) is 3.43. The van der Waals surface area contributed by atoms with Crippen molar-refractivity contribution in [3.05, 3.63) is 41.7 Å². The molecule has 0 bridgehead atoms. The molecule has 17 heavy (non-hydrogen) atoms. The fraction of sp³-hybridized carbons (Fsp3) is 0.273. The van der Waals surface area contributed by atoms with Crippen LogP contribution >= 0.6 is 0 Å². The zero-order valence-corrected chi connectivity index (χ0v) is 9.32. The summed E-state index contributed by atoms with van der Waals surface area (Å²) in [5.74, 6) is -1.82. The lowest BCUT2D eigenvalue weighted by Crippen LogP contribution is -2.11. The zero-order chi connectivity index (χ0) is 12.3. The van der Waals surface area contributed by atoms with E-state index in [1.165, 1.54) is 16.8 Å². The molecule has 90 valence electrons. The van der Waals surface area contributed by atoms with Gasteiger partial charge in [-0.05, 0) is 18.7 Å². The largest absolute Gasteiger partial charge is 0.311 e. The average molecular weight is 238 g/mol. The van der Waals surface area contributed by atoms with E-state index in [4.69, 9.17) is 0 Å². The van der Waals surface area contributed by atoms with Gasteiger partial charge in [0.15, 0.2) is 11.6 Å². The molecule has 1 N–H and O–H groups in total. The molecular weight excluding hydrogens is 226 g/mol. The molecular formula is C11H12F2N4. The normalized spacial score (nSPS) is 10.8. The predicted molar refractivity (Wildman–Crippen MR) is 58.7 cm³/mol. The minimum absolute atomic E-state index is 0.0558. The first-order chi connectivity index (χ1) is 8.22. The Bertz CT molecular complexity index is 510. The molecule has 0 unspecified atom stereocenters. The molecule has 0 fully saturated rings. The summed E-state index contributed by atoms with van der Waals surface area (Å²) in [7, 11) is 0. The maximum atomic E-state index is 13.5. The number of nitrogens with zero attached hydrogens (tertiary/aromatic N) is 3. The van der Waals surface area contributed by atoms with Crippen molar-refractivity contribution in [1.29, 1.82) is 0 Å². The SMILES string of the molecule is CCNCc1cn(-c2cccc(F)c2F)nn1. The minimum atomic E-state index is -0.924. The van der Waals surface area contributed by atoms with Gasteiger partial charge in [0.2, 0.25) is 0 Å². The molecule has 0 radical (unpaired) electrons. The maximum Gasteiger partial charge on any atom is 0.184 e. The standard InChI is InChI=1S/C11H12F2N4/c1-2-14-6-8-7-17(16-15-8)10-5-3-4-9(12)11(10)13/h3-5,7,14H,2,6H2,1H3. The van der Waals surface area contributed by atoms with E-state index < -0.39 is 11.6 Å². The van der Waals surface area contributed by atoms with Crippen LogP contribution in [0.1, 0.15) is 12.6 Å². The number of halogens is 2. The van der Waals surface area contributed by atoms with Gasteiger partial charge in [-0.3, -0.25) is 0 Å². The molecule has 6 heteroatoms. The molecule has 2 rings (SSSR count). The molecule has 0 aliphatic carbocycles. The second-order valence-electron chi connectivity index (χ2n) is 3.51. The smallest absolute Gasteiger partial charge is 0.184 e. The molecule has 4 nitrogen and oxygen atoms in total. The number of hydrogen-bond donors (Lipinski definition) is 1. The number of benzene rings is 1. The van der Waals surface area contributed by atoms with Crippen molar-refractivity contribution in [2.75, 3.05) is 6.54 Å². The summed E-state index contributed by atoms with van der Waals surface area (Å²) < 4.78 is 27.7. The first-order valence-electron chi connectivity index (χ1n) is 5.28. The van der Waals surface area contributed by atoms with Crippen LogP contribution in [0, 0.1) is 11.6 Å². The van der Waals surface area contributed by atoms with E-state index >= 15 is 0 Å². The summed E-state index contributed by atoms with van der Waals surface area (Å²) in [6.45, 7) is 3.32. The van der Waals surface area contributed by atoms with Crippen LogP contribution in [-0.2, 0) is 6.54 Å². The van der Waals surface area contributed by atoms with Crippen LogP contribution in [0.15, 0.2) is 24.4 Å². The number of rotatable bonds is 4. The van der Waals surface area contributed by atoms with Crippen molar-refractivity contribution in [2.24, 2.45) is 0 Å². The molecule has 0 aliphatic rings. The van der Waals surface area contributed by atoms with Crippen LogP contribution in [0.5, 0.6) is 0 Å². The Labute approximate surface area is 97.3 Å². The minimum Gasteiger partial charge on any atom is -0.311 e. The van der Waals surface area contributed by atoms with Gasteiger partial charge >= 0.3 is 0 Å². The number of hydrogen-bond acceptors (Lipinski definition) is 3. The van der Waals surface area contributed by atoms with Gasteiger partial charge in [0.1, 0.15) is 5.69 Å². The zero-order valence-electron chi connectivity index (χ0n) is 9.32. The van der Waals surface area contributed by atoms with Crippen molar-refractivity contribution in [3.63, 3.8) is 0 Å². The Balaban J connectivity index is 2.27. The van der Waals surface area contributed by atoms with Crippen LogP contribution in [0.25, 0.3) is 5.69 Å². The van der Waals surface area contributed by atoms with E-state index in [1.54, 1.807) is 6.20 Å². The predicted octanol–water partition coefficient (Wildman–Crippen LogP) is 1.66. The fourth-order valence-electron chi connectivity index (χ4n) is 1.42. The van der Waals surface area contributed by atoms with Gasteiger partial charge in [-0.25, -0.2) is 13.5 Å². The highest BCUT2D eigenvalue weighted by molar-refractivity contribution is 5.33. The van der Waals surface area contributed by atoms with E-state index in [9.17, 15) is 8.78 Å². The molecule has 0 spiro atoms. The van der Waals surface area contributed by atoms with Gasteiger partial charge in [-0.15, -0.1) is 5.10 Å². The van der Waals surface area contributed by atoms with Crippen molar-refractivity contribution < 1.29 is 8.78 Å². The lowest BCUT2D eigenvalue weighted by Gasteiger charge is -2.01. The van der Waals surface area contributed by atoms with E-state index in [-0.39, 0.29) is 5.69 Å². The molecule has 1 aromatic heterocycles. The molecule has 1 heterocycles. The number of nitrogens with one attached hydrogen (secondary N) is 1. The third kappa shape index (κ3) is 2.47. The van der Waals surface area contributed by atoms with Gasteiger partial charge in [0.05, 0.1) is 11.9 Å². The summed E-state index contributed by atoms with van der Waals surface area (Å²) in [4.78, 5) is 0. The van der Waals surface area contributed by atoms with Crippen molar-refractivity contribution in [3.8, 4) is 5.69 Å². The van der Waals surface area contributed by atoms with Gasteiger partial charge in [-0.2, -0.15) is 0 Å². The Hall–Kier alpha value is -1.82. The second-order valence-corrected chi connectivity index (χ2v) is 3.51. The van der Waals surface area contributed by atoms with E-state index in [0.29, 0.717) is 12.2 Å². The molecule has 0 atom stereocenters. The maximum absolute atomic E-state index is 13.5. The van der Waals surface area contributed by atoms with Crippen LogP contribution in [0.4, 0.5) is 8.78 Å². The third-order valence-electron chi connectivity index (χ3n) is 2.27. The quantitative estimate of drug-likeness (QED) is 0.880. The highest BCUT2D eigenvalue weighted by Crippen LogP contribution is 2.15. The molecule has 1 aromatic carbocycles. The molecule has 0 aliphatic heterocycles. The second kappa shape index (κ2) is 5.01. The summed E-state index contributed by atoms with van der Waals surface area (Å²) >= 11 is 0. The molecule has 2 aromatic rings. The third-order valence-corrected chi connectivity index (χ3v) is 2.27. The molecule has 0 saturated carbocycles. The van der Waals surface area contributed by atoms with Gasteiger partial charge in [0, 0.05) is 6.54 Å². The highest BCUT2D eigenvalue weighted by Gasteiger charge is 2.11. The van der Waals surface area contributed by atoms with Crippen LogP contribution in [-0.4, -0.2) is 21.5 Å². The van der Waals surface area contributed by atoms with Gasteiger partial charge in [0.25, 0.3) is 0 Å². The van der Waals surface area contributed by atoms with Crippen LogP contribution in [0.3, 0.4) is 0 Å². The highest BCUT2D eigenvalue weighted by atomic mass is 19.2. The Morgan fingerprint density at radius 1 is 1.35 bits per heavy atom. The Morgan fingerprint density at radius 2 is 2.18 bits per heavy atom. The van der Waals surface area contributed by atoms with Crippen LogP contribution in [0.2, 0.25) is 0 Å². The van der Waals surface area contributed by atoms with Crippen molar-refractivity contribution >= 4 is 0 Å². The lowest BCUT2D eigenvalue weighted by molar-refractivity contribution is 0.500. The lowest BCUT2D eigenvalue weighted by atomic mass is 10.3. The van der Waals surface area contributed by atoms with Gasteiger partial charge in [-0.1, -0.05) is 18.2 Å². The first-order valence-corrected chi connectivity index (χ1v) is 5.28. The number of aromatic nitrogens is 3. The monoisotopic (exact) mass is 238 g/mol. The molecule has 0 amide bonds. The van der Waals surface area contributed by atoms with Crippen molar-refractivity contribution in [2.45, 2.75) is 13.5 Å². The van der Waals surface area contributed by atoms with E-state index in [1.807, 2.05) is 6.92 Å². The topological polar surface area (TPSA) is 42.7 Å². The summed E-state index contributed by atoms with van der Waals surface area (Å²) in [5, 5.41) is 10.7. The first kappa shape index (κ1) is 11.7. The summed E-state index contributed by atoms with van der Waals surface area (Å²) in [6.07, 6.45) is 1.57. The summed E-state index contributed by atoms with van der Waals surface area (Å²) in [5.41, 5.74) is 0.732. The van der Waals surface area contributed by atoms with Gasteiger partial charge < -0.3 is 5.32 Å². The van der Waals surface area contributed by atoms with E-state index in [0.717, 1.165) is 12.6 Å². The Morgan fingerprint density at radius 3 is 2.94 bits per heavy atom. The van der Waals surface area contributed by atoms with Crippen LogP contribution < -0.4 is 5.32 Å². The molecule has 0 saturated heterocycles.